The van der Waals surface area contributed by atoms with Crippen molar-refractivity contribution in [3.8, 4) is 11.5 Å². The van der Waals surface area contributed by atoms with E-state index < -0.39 is 0 Å². The number of anilines is 1. The van der Waals surface area contributed by atoms with Crippen molar-refractivity contribution in [3.05, 3.63) is 72.6 Å². The van der Waals surface area contributed by atoms with E-state index in [4.69, 9.17) is 9.15 Å². The average Bonchev–Trinajstić information content (AvgIpc) is 3.45. The lowest BCUT2D eigenvalue weighted by molar-refractivity contribution is 0.122. The molecule has 1 saturated carbocycles. The van der Waals surface area contributed by atoms with Crippen LogP contribution in [0.4, 0.5) is 10.5 Å². The van der Waals surface area contributed by atoms with Crippen LogP contribution in [0.15, 0.2) is 71.5 Å². The Morgan fingerprint density at radius 1 is 1.03 bits per heavy atom. The minimum atomic E-state index is -0.290. The molecule has 2 aromatic carbocycles. The maximum atomic E-state index is 12.5. The minimum Gasteiger partial charge on any atom is -0.445 e. The molecule has 5 rings (SSSR count). The van der Waals surface area contributed by atoms with E-state index in [0.717, 1.165) is 37.1 Å². The van der Waals surface area contributed by atoms with Gasteiger partial charge in [0.1, 0.15) is 12.9 Å². The molecule has 0 unspecified atom stereocenters. The Hall–Kier alpha value is -3.28. The Balaban J connectivity index is 1.14. The first-order chi connectivity index (χ1) is 17.2. The summed E-state index contributed by atoms with van der Waals surface area (Å²) < 4.78 is 10.9. The fraction of sp³-hybridized carbons (Fsp3) is 0.448. The number of alkyl carbamates (subject to hydrolysis) is 1. The third-order valence-electron chi connectivity index (χ3n) is 7.49. The molecule has 2 fully saturated rings. The molecule has 6 nitrogen and oxygen atoms in total. The Labute approximate surface area is 207 Å². The fourth-order valence-corrected chi connectivity index (χ4v) is 5.70. The number of nitrogens with one attached hydrogen (secondary N) is 1. The summed E-state index contributed by atoms with van der Waals surface area (Å²) in [6.07, 6.45) is 11.3. The highest BCUT2D eigenvalue weighted by molar-refractivity contribution is 5.67. The summed E-state index contributed by atoms with van der Waals surface area (Å²) in [6, 6.07) is 18.6. The van der Waals surface area contributed by atoms with Crippen LogP contribution >= 0.6 is 0 Å². The number of rotatable bonds is 7. The van der Waals surface area contributed by atoms with E-state index in [1.165, 1.54) is 37.8 Å². The lowest BCUT2D eigenvalue weighted by Gasteiger charge is -2.39. The second-order valence-electron chi connectivity index (χ2n) is 9.93. The molecule has 184 valence electrons. The number of carbonyl (C=O) groups excluding carboxylic acids is 1. The van der Waals surface area contributed by atoms with E-state index >= 15 is 0 Å². The maximum Gasteiger partial charge on any atom is 0.407 e. The average molecular weight is 474 g/mol. The molecule has 35 heavy (non-hydrogen) atoms. The van der Waals surface area contributed by atoms with Gasteiger partial charge in [0.2, 0.25) is 5.89 Å². The van der Waals surface area contributed by atoms with Crippen LogP contribution in [0.2, 0.25) is 0 Å². The van der Waals surface area contributed by atoms with Gasteiger partial charge in [-0.3, -0.25) is 0 Å². The van der Waals surface area contributed by atoms with Gasteiger partial charge in [0.15, 0.2) is 0 Å². The predicted octanol–water partition coefficient (Wildman–Crippen LogP) is 6.43. The highest BCUT2D eigenvalue weighted by atomic mass is 16.5. The van der Waals surface area contributed by atoms with Crippen LogP contribution in [-0.4, -0.2) is 30.2 Å². The number of benzene rings is 2. The molecule has 1 saturated heterocycles. The second kappa shape index (κ2) is 11.4. The van der Waals surface area contributed by atoms with Crippen LogP contribution in [-0.2, 0) is 11.3 Å². The number of hydrogen-bond donors (Lipinski definition) is 1. The Morgan fingerprint density at radius 2 is 1.86 bits per heavy atom. The summed E-state index contributed by atoms with van der Waals surface area (Å²) in [5.41, 5.74) is 3.27. The summed E-state index contributed by atoms with van der Waals surface area (Å²) in [5.74, 6) is 1.82. The number of hydrogen-bond acceptors (Lipinski definition) is 5. The van der Waals surface area contributed by atoms with Crippen LogP contribution in [0.25, 0.3) is 11.5 Å². The summed E-state index contributed by atoms with van der Waals surface area (Å²) >= 11 is 0. The van der Waals surface area contributed by atoms with Gasteiger partial charge in [0.05, 0.1) is 6.20 Å². The molecule has 0 bridgehead atoms. The number of piperidine rings is 1. The molecule has 3 aromatic rings. The zero-order chi connectivity index (χ0) is 23.9. The quantitative estimate of drug-likeness (QED) is 0.428. The lowest BCUT2D eigenvalue weighted by Crippen LogP contribution is -2.44. The van der Waals surface area contributed by atoms with Crippen molar-refractivity contribution < 1.29 is 13.9 Å². The molecule has 1 aliphatic heterocycles. The molecule has 6 heteroatoms. The first-order valence-corrected chi connectivity index (χ1v) is 13.0. The first-order valence-electron chi connectivity index (χ1n) is 13.0. The number of oxazole rings is 1. The molecular formula is C29H35N3O3. The van der Waals surface area contributed by atoms with Gasteiger partial charge in [0.25, 0.3) is 0 Å². The van der Waals surface area contributed by atoms with Crippen LogP contribution in [0.3, 0.4) is 0 Å². The molecule has 1 aromatic heterocycles. The van der Waals surface area contributed by atoms with Gasteiger partial charge < -0.3 is 19.4 Å². The zero-order valence-corrected chi connectivity index (χ0v) is 20.3. The highest BCUT2D eigenvalue weighted by Gasteiger charge is 2.31. The third-order valence-corrected chi connectivity index (χ3v) is 7.49. The SMILES string of the molecule is O=C(N[C@@H]1CCCC[C@H]1C[C@H]1CCCN(c2ccc(-c3ncco3)cc2)C1)OCc1ccccc1. The van der Waals surface area contributed by atoms with Crippen molar-refractivity contribution in [1.29, 1.82) is 0 Å². The Morgan fingerprint density at radius 3 is 2.66 bits per heavy atom. The van der Waals surface area contributed by atoms with Gasteiger partial charge in [-0.2, -0.15) is 0 Å². The number of nitrogens with zero attached hydrogens (tertiary/aromatic N) is 2. The second-order valence-corrected chi connectivity index (χ2v) is 9.93. The summed E-state index contributed by atoms with van der Waals surface area (Å²) in [5, 5.41) is 3.20. The van der Waals surface area contributed by atoms with Crippen molar-refractivity contribution in [3.63, 3.8) is 0 Å². The monoisotopic (exact) mass is 473 g/mol. The molecule has 2 heterocycles. The maximum absolute atomic E-state index is 12.5. The van der Waals surface area contributed by atoms with E-state index in [2.05, 4.69) is 39.5 Å². The van der Waals surface area contributed by atoms with Crippen molar-refractivity contribution in [2.45, 2.75) is 57.6 Å². The van der Waals surface area contributed by atoms with E-state index in [-0.39, 0.29) is 12.1 Å². The van der Waals surface area contributed by atoms with Crippen molar-refractivity contribution >= 4 is 11.8 Å². The normalized spacial score (nSPS) is 22.5. The topological polar surface area (TPSA) is 67.6 Å². The van der Waals surface area contributed by atoms with Crippen LogP contribution in [0, 0.1) is 11.8 Å². The van der Waals surface area contributed by atoms with Crippen LogP contribution < -0.4 is 10.2 Å². The van der Waals surface area contributed by atoms with Crippen molar-refractivity contribution in [2.24, 2.45) is 11.8 Å². The zero-order valence-electron chi connectivity index (χ0n) is 20.3. The van der Waals surface area contributed by atoms with Gasteiger partial charge in [-0.25, -0.2) is 9.78 Å². The van der Waals surface area contributed by atoms with E-state index in [9.17, 15) is 4.79 Å². The van der Waals surface area contributed by atoms with Crippen molar-refractivity contribution in [2.75, 3.05) is 18.0 Å². The van der Waals surface area contributed by atoms with E-state index in [0.29, 0.717) is 24.3 Å². The molecule has 1 N–H and O–H groups in total. The van der Waals surface area contributed by atoms with Gasteiger partial charge in [0, 0.05) is 30.4 Å². The van der Waals surface area contributed by atoms with Crippen LogP contribution in [0.5, 0.6) is 0 Å². The van der Waals surface area contributed by atoms with E-state index in [1.807, 2.05) is 30.3 Å². The van der Waals surface area contributed by atoms with Crippen LogP contribution in [0.1, 0.15) is 50.5 Å². The number of carbonyl (C=O) groups is 1. The van der Waals surface area contributed by atoms with Gasteiger partial charge in [-0.15, -0.1) is 0 Å². The molecular weight excluding hydrogens is 438 g/mol. The lowest BCUT2D eigenvalue weighted by atomic mass is 9.77. The Kier molecular flexibility index (Phi) is 7.66. The fourth-order valence-electron chi connectivity index (χ4n) is 5.70. The minimum absolute atomic E-state index is 0.211. The van der Waals surface area contributed by atoms with Gasteiger partial charge in [-0.1, -0.05) is 43.2 Å². The molecule has 3 atom stereocenters. The summed E-state index contributed by atoms with van der Waals surface area (Å²) in [4.78, 5) is 19.3. The van der Waals surface area contributed by atoms with Gasteiger partial charge >= 0.3 is 6.09 Å². The molecule has 1 amide bonds. The largest absolute Gasteiger partial charge is 0.445 e. The molecule has 1 aliphatic carbocycles. The smallest absolute Gasteiger partial charge is 0.407 e. The van der Waals surface area contributed by atoms with Crippen molar-refractivity contribution in [1.82, 2.24) is 10.3 Å². The summed E-state index contributed by atoms with van der Waals surface area (Å²) in [7, 11) is 0. The number of ether oxygens (including phenoxy) is 1. The molecule has 2 aliphatic rings. The predicted molar refractivity (Wildman–Crippen MR) is 137 cm³/mol. The standard InChI is InChI=1S/C29H35N3O3/c33-29(35-21-22-7-2-1-3-8-22)31-27-11-5-4-10-25(27)19-23-9-6-17-32(20-23)26-14-12-24(13-15-26)28-30-16-18-34-28/h1-3,7-8,12-16,18,23,25,27H,4-6,9-11,17,19-21H2,(H,31,33)/t23-,25+,27-/m1/s1. The van der Waals surface area contributed by atoms with E-state index in [1.54, 1.807) is 12.5 Å². The first kappa shape index (κ1) is 23.5. The number of amides is 1. The third kappa shape index (κ3) is 6.24. The number of aromatic nitrogens is 1. The molecule has 0 radical (unpaired) electrons. The highest BCUT2D eigenvalue weighted by Crippen LogP contribution is 2.34. The Bertz CT molecular complexity index is 1050. The molecule has 0 spiro atoms. The summed E-state index contributed by atoms with van der Waals surface area (Å²) in [6.45, 7) is 2.48. The van der Waals surface area contributed by atoms with Gasteiger partial charge in [-0.05, 0) is 73.8 Å².